The molecule has 1 aliphatic heterocycles. The maximum atomic E-state index is 12.8. The van der Waals surface area contributed by atoms with Crippen molar-refractivity contribution in [2.45, 2.75) is 0 Å². The highest BCUT2D eigenvalue weighted by Crippen LogP contribution is 2.34. The highest BCUT2D eigenvalue weighted by Gasteiger charge is 2.20. The highest BCUT2D eigenvalue weighted by molar-refractivity contribution is 7.14. The van der Waals surface area contributed by atoms with Gasteiger partial charge in [0, 0.05) is 10.9 Å². The molecule has 0 saturated carbocycles. The fourth-order valence-corrected chi connectivity index (χ4v) is 3.66. The third-order valence-electron chi connectivity index (χ3n) is 4.29. The third kappa shape index (κ3) is 3.72. The maximum absolute atomic E-state index is 12.8. The van der Waals surface area contributed by atoms with Crippen LogP contribution in [-0.2, 0) is 4.79 Å². The molecule has 148 valence electrons. The molecule has 29 heavy (non-hydrogen) atoms. The first kappa shape index (κ1) is 18.8. The van der Waals surface area contributed by atoms with Crippen molar-refractivity contribution in [3.63, 3.8) is 0 Å². The maximum Gasteiger partial charge on any atom is 0.265 e. The van der Waals surface area contributed by atoms with Crippen LogP contribution in [0.25, 0.3) is 11.3 Å². The van der Waals surface area contributed by atoms with Crippen molar-refractivity contribution < 1.29 is 23.8 Å². The number of anilines is 2. The molecule has 9 heteroatoms. The van der Waals surface area contributed by atoms with Gasteiger partial charge in [-0.3, -0.25) is 14.9 Å². The molecule has 8 nitrogen and oxygen atoms in total. The number of carbonyl (C=O) groups excluding carboxylic acids is 2. The highest BCUT2D eigenvalue weighted by atomic mass is 32.1. The summed E-state index contributed by atoms with van der Waals surface area (Å²) in [5.41, 5.74) is 2.35. The Morgan fingerprint density at radius 1 is 1.21 bits per heavy atom. The summed E-state index contributed by atoms with van der Waals surface area (Å²) in [7, 11) is 2.98. The molecule has 0 unspecified atom stereocenters. The number of aromatic nitrogens is 1. The smallest absolute Gasteiger partial charge is 0.265 e. The van der Waals surface area contributed by atoms with Gasteiger partial charge in [0.05, 0.1) is 25.6 Å². The van der Waals surface area contributed by atoms with E-state index in [-0.39, 0.29) is 18.4 Å². The van der Waals surface area contributed by atoms with Crippen LogP contribution < -0.4 is 24.8 Å². The number of benzene rings is 2. The average Bonchev–Trinajstić information content (AvgIpc) is 3.20. The van der Waals surface area contributed by atoms with Crippen LogP contribution in [0.15, 0.2) is 41.8 Å². The summed E-state index contributed by atoms with van der Waals surface area (Å²) in [6, 6.07) is 10.5. The predicted octanol–water partition coefficient (Wildman–Crippen LogP) is 3.41. The average molecular weight is 411 g/mol. The summed E-state index contributed by atoms with van der Waals surface area (Å²) in [5.74, 6) is 0.839. The van der Waals surface area contributed by atoms with Gasteiger partial charge < -0.3 is 19.5 Å². The van der Waals surface area contributed by atoms with E-state index in [2.05, 4.69) is 15.6 Å². The second-order valence-corrected chi connectivity index (χ2v) is 6.94. The second kappa shape index (κ2) is 7.80. The first-order valence-electron chi connectivity index (χ1n) is 8.64. The topological polar surface area (TPSA) is 98.8 Å². The van der Waals surface area contributed by atoms with Crippen LogP contribution in [0.1, 0.15) is 10.4 Å². The first-order valence-corrected chi connectivity index (χ1v) is 9.52. The molecular formula is C20H17N3O5S. The lowest BCUT2D eigenvalue weighted by Gasteiger charge is -2.18. The van der Waals surface area contributed by atoms with Crippen molar-refractivity contribution in [3.8, 4) is 28.5 Å². The van der Waals surface area contributed by atoms with E-state index in [1.807, 2.05) is 11.4 Å². The van der Waals surface area contributed by atoms with Gasteiger partial charge in [0.25, 0.3) is 11.8 Å². The number of fused-ring (bicyclic) bond motifs is 1. The van der Waals surface area contributed by atoms with Crippen LogP contribution in [0.2, 0.25) is 0 Å². The summed E-state index contributed by atoms with van der Waals surface area (Å²) in [6.07, 6.45) is 0. The monoisotopic (exact) mass is 411 g/mol. The number of hydrogen-bond acceptors (Lipinski definition) is 7. The minimum absolute atomic E-state index is 0.00559. The summed E-state index contributed by atoms with van der Waals surface area (Å²) in [5, 5.41) is 7.80. The lowest BCUT2D eigenvalue weighted by atomic mass is 10.1. The summed E-state index contributed by atoms with van der Waals surface area (Å²) < 4.78 is 15.9. The van der Waals surface area contributed by atoms with Gasteiger partial charge in [-0.05, 0) is 30.3 Å². The number of rotatable bonds is 5. The Labute approximate surface area is 170 Å². The van der Waals surface area contributed by atoms with Gasteiger partial charge in [-0.15, -0.1) is 11.3 Å². The summed E-state index contributed by atoms with van der Waals surface area (Å²) in [4.78, 5) is 28.8. The van der Waals surface area contributed by atoms with Crippen molar-refractivity contribution in [1.82, 2.24) is 4.98 Å². The summed E-state index contributed by atoms with van der Waals surface area (Å²) >= 11 is 1.29. The van der Waals surface area contributed by atoms with Crippen LogP contribution in [0.5, 0.6) is 17.2 Å². The quantitative estimate of drug-likeness (QED) is 0.668. The molecule has 0 fully saturated rings. The molecule has 2 N–H and O–H groups in total. The van der Waals surface area contributed by atoms with Crippen molar-refractivity contribution in [2.75, 3.05) is 31.5 Å². The van der Waals surface area contributed by atoms with E-state index >= 15 is 0 Å². The molecule has 3 aromatic rings. The zero-order valence-electron chi connectivity index (χ0n) is 15.6. The number of nitrogens with one attached hydrogen (secondary N) is 2. The van der Waals surface area contributed by atoms with Gasteiger partial charge in [-0.25, -0.2) is 4.98 Å². The van der Waals surface area contributed by atoms with Crippen LogP contribution in [0.3, 0.4) is 0 Å². The Kier molecular flexibility index (Phi) is 5.05. The fraction of sp³-hybridized carbons (Fsp3) is 0.150. The molecule has 0 aliphatic carbocycles. The lowest BCUT2D eigenvalue weighted by Crippen LogP contribution is -2.25. The minimum atomic E-state index is -0.383. The van der Waals surface area contributed by atoms with Gasteiger partial charge in [0.15, 0.2) is 11.7 Å². The largest absolute Gasteiger partial charge is 0.496 e. The number of carbonyl (C=O) groups is 2. The molecule has 2 aromatic carbocycles. The van der Waals surface area contributed by atoms with E-state index in [0.717, 1.165) is 5.56 Å². The van der Waals surface area contributed by atoms with E-state index in [9.17, 15) is 9.59 Å². The van der Waals surface area contributed by atoms with E-state index < -0.39 is 0 Å². The van der Waals surface area contributed by atoms with Gasteiger partial charge in [-0.2, -0.15) is 0 Å². The molecule has 1 aliphatic rings. The number of amides is 2. The fourth-order valence-electron chi connectivity index (χ4n) is 2.94. The normalized spacial score (nSPS) is 12.4. The molecule has 0 radical (unpaired) electrons. The van der Waals surface area contributed by atoms with E-state index in [1.54, 1.807) is 30.3 Å². The van der Waals surface area contributed by atoms with E-state index in [4.69, 9.17) is 14.2 Å². The molecule has 0 atom stereocenters. The lowest BCUT2D eigenvalue weighted by molar-refractivity contribution is -0.118. The Balaban J connectivity index is 1.57. The predicted molar refractivity (Wildman–Crippen MR) is 109 cm³/mol. The van der Waals surface area contributed by atoms with Crippen LogP contribution in [0, 0.1) is 0 Å². The zero-order valence-corrected chi connectivity index (χ0v) is 16.5. The van der Waals surface area contributed by atoms with Crippen LogP contribution in [-0.4, -0.2) is 37.6 Å². The standard InChI is InChI=1S/C20H17N3O5S/c1-26-15-4-3-5-16(27-2)18(15)19(25)23-20-22-13(10-29-20)11-6-7-14-12(8-11)21-17(24)9-28-14/h3-8,10H,9H2,1-2H3,(H,21,24)(H,22,23,25). The van der Waals surface area contributed by atoms with Gasteiger partial charge in [-0.1, -0.05) is 6.07 Å². The van der Waals surface area contributed by atoms with Crippen molar-refractivity contribution >= 4 is 34.0 Å². The van der Waals surface area contributed by atoms with Gasteiger partial charge in [0.1, 0.15) is 22.8 Å². The number of hydrogen-bond donors (Lipinski definition) is 2. The number of methoxy groups -OCH3 is 2. The van der Waals surface area contributed by atoms with Crippen LogP contribution in [0.4, 0.5) is 10.8 Å². The number of nitrogens with zero attached hydrogens (tertiary/aromatic N) is 1. The molecule has 1 aromatic heterocycles. The van der Waals surface area contributed by atoms with Gasteiger partial charge >= 0.3 is 0 Å². The SMILES string of the molecule is COc1cccc(OC)c1C(=O)Nc1nc(-c2ccc3c(c2)NC(=O)CO3)cs1. The second-order valence-electron chi connectivity index (χ2n) is 6.08. The van der Waals surface area contributed by atoms with E-state index in [1.165, 1.54) is 25.6 Å². The van der Waals surface area contributed by atoms with Crippen molar-refractivity contribution in [2.24, 2.45) is 0 Å². The number of thiazole rings is 1. The molecule has 0 spiro atoms. The molecule has 0 saturated heterocycles. The minimum Gasteiger partial charge on any atom is -0.496 e. The third-order valence-corrected chi connectivity index (χ3v) is 5.05. The Morgan fingerprint density at radius 3 is 2.69 bits per heavy atom. The van der Waals surface area contributed by atoms with Gasteiger partial charge in [0.2, 0.25) is 0 Å². The molecule has 0 bridgehead atoms. The Morgan fingerprint density at radius 2 is 1.97 bits per heavy atom. The first-order chi connectivity index (χ1) is 14.1. The van der Waals surface area contributed by atoms with Crippen LogP contribution >= 0.6 is 11.3 Å². The molecular weight excluding hydrogens is 394 g/mol. The van der Waals surface area contributed by atoms with Crippen molar-refractivity contribution in [3.05, 3.63) is 47.3 Å². The number of ether oxygens (including phenoxy) is 3. The molecule has 4 rings (SSSR count). The molecule has 2 heterocycles. The van der Waals surface area contributed by atoms with E-state index in [0.29, 0.717) is 39.3 Å². The zero-order chi connectivity index (χ0) is 20.4. The Hall–Kier alpha value is -3.59. The molecule has 2 amide bonds. The Bertz CT molecular complexity index is 1070. The summed E-state index contributed by atoms with van der Waals surface area (Å²) in [6.45, 7) is 0.00559. The van der Waals surface area contributed by atoms with Crippen molar-refractivity contribution in [1.29, 1.82) is 0 Å².